The number of rotatable bonds is 10. The number of hydrogen-bond donors (Lipinski definition) is 2. The van der Waals surface area contributed by atoms with Crippen LogP contribution in [0.3, 0.4) is 0 Å². The van der Waals surface area contributed by atoms with Gasteiger partial charge in [-0.1, -0.05) is 11.6 Å². The summed E-state index contributed by atoms with van der Waals surface area (Å²) in [5, 5.41) is 5.48. The Balaban J connectivity index is 1.48. The molecule has 1 aliphatic heterocycles. The molecule has 1 saturated heterocycles. The molecule has 12 heteroatoms. The fourth-order valence-electron chi connectivity index (χ4n) is 4.05. The number of amides is 3. The Morgan fingerprint density at radius 3 is 2.69 bits per heavy atom. The van der Waals surface area contributed by atoms with Gasteiger partial charge >= 0.3 is 0 Å². The molecule has 1 atom stereocenters. The van der Waals surface area contributed by atoms with Gasteiger partial charge in [-0.05, 0) is 56.1 Å². The molecule has 1 aliphatic carbocycles. The highest BCUT2D eigenvalue weighted by molar-refractivity contribution is 7.18. The molecule has 2 fully saturated rings. The van der Waals surface area contributed by atoms with Gasteiger partial charge in [0.15, 0.2) is 0 Å². The number of alkyl halides is 2. The third-order valence-electron chi connectivity index (χ3n) is 6.14. The third-order valence-corrected chi connectivity index (χ3v) is 7.37. The van der Waals surface area contributed by atoms with Crippen molar-refractivity contribution >= 4 is 52.0 Å². The van der Waals surface area contributed by atoms with Crippen molar-refractivity contribution in [2.75, 3.05) is 50.1 Å². The van der Waals surface area contributed by atoms with E-state index in [4.69, 9.17) is 16.3 Å². The predicted octanol–water partition coefficient (Wildman–Crippen LogP) is 3.78. The minimum absolute atomic E-state index is 0.0332. The van der Waals surface area contributed by atoms with Crippen molar-refractivity contribution in [1.82, 2.24) is 10.2 Å². The number of carbonyl (C=O) groups is 3. The Morgan fingerprint density at radius 2 is 2.06 bits per heavy atom. The summed E-state index contributed by atoms with van der Waals surface area (Å²) in [5.74, 6) is -0.681. The Bertz CT molecular complexity index is 1130. The molecule has 2 heterocycles. The molecule has 0 radical (unpaired) electrons. The monoisotopic (exact) mass is 540 g/mol. The van der Waals surface area contributed by atoms with Gasteiger partial charge in [0.2, 0.25) is 5.91 Å². The Morgan fingerprint density at radius 1 is 1.28 bits per heavy atom. The number of morpholine rings is 1. The van der Waals surface area contributed by atoms with Crippen molar-refractivity contribution in [3.63, 3.8) is 0 Å². The van der Waals surface area contributed by atoms with E-state index in [2.05, 4.69) is 10.6 Å². The molecule has 2 aromatic rings. The number of likely N-dealkylation sites (N-methyl/N-ethyl adjacent to an activating group) is 1. The largest absolute Gasteiger partial charge is 0.370 e. The van der Waals surface area contributed by atoms with Crippen LogP contribution in [0.5, 0.6) is 0 Å². The quantitative estimate of drug-likeness (QED) is 0.478. The number of nitrogens with one attached hydrogen (secondary N) is 2. The second-order valence-corrected chi connectivity index (χ2v) is 10.6. The molecule has 0 spiro atoms. The van der Waals surface area contributed by atoms with Crippen LogP contribution < -0.4 is 15.5 Å². The van der Waals surface area contributed by atoms with Crippen LogP contribution in [0.1, 0.15) is 34.5 Å². The van der Waals surface area contributed by atoms with E-state index in [-0.39, 0.29) is 49.1 Å². The number of carbonyl (C=O) groups excluding carboxylic acids is 3. The normalized spacial score (nSPS) is 16.9. The molecule has 2 aliphatic rings. The molecule has 1 aromatic carbocycles. The summed E-state index contributed by atoms with van der Waals surface area (Å²) in [5.41, 5.74) is -0.0738. The van der Waals surface area contributed by atoms with E-state index in [0.717, 1.165) is 24.2 Å². The maximum atomic E-state index is 13.9. The first-order chi connectivity index (χ1) is 17.2. The summed E-state index contributed by atoms with van der Waals surface area (Å²) in [6.07, 6.45) is -0.686. The highest BCUT2D eigenvalue weighted by atomic mass is 35.5. The van der Waals surface area contributed by atoms with Crippen LogP contribution >= 0.6 is 22.9 Å². The number of hydrogen-bond acceptors (Lipinski definition) is 6. The first-order valence-electron chi connectivity index (χ1n) is 11.6. The zero-order valence-corrected chi connectivity index (χ0v) is 21.2. The maximum Gasteiger partial charge on any atom is 0.265 e. The fourth-order valence-corrected chi connectivity index (χ4v) is 5.01. The smallest absolute Gasteiger partial charge is 0.265 e. The number of ether oxygens (including phenoxy) is 1. The molecular formula is C24H27ClF2N4O4S. The third kappa shape index (κ3) is 6.58. The number of benzene rings is 1. The second kappa shape index (κ2) is 11.6. The van der Waals surface area contributed by atoms with Crippen molar-refractivity contribution < 1.29 is 27.9 Å². The van der Waals surface area contributed by atoms with Gasteiger partial charge in [0.1, 0.15) is 12.6 Å². The van der Waals surface area contributed by atoms with Crippen molar-refractivity contribution in [3.05, 3.63) is 45.1 Å². The predicted molar refractivity (Wildman–Crippen MR) is 134 cm³/mol. The summed E-state index contributed by atoms with van der Waals surface area (Å²) < 4.78 is 33.3. The van der Waals surface area contributed by atoms with E-state index < -0.39 is 24.3 Å². The van der Waals surface area contributed by atoms with Crippen LogP contribution in [-0.2, 0) is 14.3 Å². The SMILES string of the molecule is CN(CC1CC1)[C@H](CNC(=O)c1ccc(Cl)s1)C(=O)Nc1ccc(N2CCOCC2=O)c(C(F)F)c1. The lowest BCUT2D eigenvalue weighted by Gasteiger charge is -2.29. The first kappa shape index (κ1) is 26.5. The van der Waals surface area contributed by atoms with E-state index >= 15 is 0 Å². The Kier molecular flexibility index (Phi) is 8.55. The van der Waals surface area contributed by atoms with Gasteiger partial charge in [-0.3, -0.25) is 19.3 Å². The molecule has 36 heavy (non-hydrogen) atoms. The molecule has 3 amide bonds. The zero-order chi connectivity index (χ0) is 25.8. The molecular weight excluding hydrogens is 514 g/mol. The van der Waals surface area contributed by atoms with Crippen molar-refractivity contribution in [3.8, 4) is 0 Å². The Labute approximate surface area is 216 Å². The summed E-state index contributed by atoms with van der Waals surface area (Å²) in [6.45, 7) is 0.975. The first-order valence-corrected chi connectivity index (χ1v) is 12.8. The minimum atomic E-state index is -2.85. The van der Waals surface area contributed by atoms with E-state index in [0.29, 0.717) is 21.7 Å². The molecule has 8 nitrogen and oxygen atoms in total. The van der Waals surface area contributed by atoms with Crippen molar-refractivity contribution in [2.45, 2.75) is 25.3 Å². The number of halogens is 3. The average Bonchev–Trinajstić information content (AvgIpc) is 3.55. The molecule has 0 unspecified atom stereocenters. The van der Waals surface area contributed by atoms with Crippen LogP contribution in [0, 0.1) is 5.92 Å². The second-order valence-electron chi connectivity index (χ2n) is 8.87. The van der Waals surface area contributed by atoms with Gasteiger partial charge in [0.05, 0.1) is 21.5 Å². The fraction of sp³-hybridized carbons (Fsp3) is 0.458. The van der Waals surface area contributed by atoms with E-state index in [1.165, 1.54) is 23.1 Å². The Hall–Kier alpha value is -2.60. The topological polar surface area (TPSA) is 91.0 Å². The molecule has 194 valence electrons. The summed E-state index contributed by atoms with van der Waals surface area (Å²) in [7, 11) is 1.80. The molecule has 1 saturated carbocycles. The molecule has 1 aromatic heterocycles. The van der Waals surface area contributed by atoms with Crippen LogP contribution in [0.4, 0.5) is 20.2 Å². The van der Waals surface area contributed by atoms with E-state index in [1.807, 2.05) is 4.90 Å². The molecule has 4 rings (SSSR count). The maximum absolute atomic E-state index is 13.9. The number of anilines is 2. The van der Waals surface area contributed by atoms with Crippen LogP contribution in [0.15, 0.2) is 30.3 Å². The highest BCUT2D eigenvalue weighted by Crippen LogP contribution is 2.33. The van der Waals surface area contributed by atoms with Gasteiger partial charge in [0.25, 0.3) is 18.2 Å². The molecule has 2 N–H and O–H groups in total. The lowest BCUT2D eigenvalue weighted by Crippen LogP contribution is -2.49. The van der Waals surface area contributed by atoms with Gasteiger partial charge < -0.3 is 20.3 Å². The lowest BCUT2D eigenvalue weighted by molar-refractivity contribution is -0.125. The van der Waals surface area contributed by atoms with Crippen molar-refractivity contribution in [2.24, 2.45) is 5.92 Å². The molecule has 0 bridgehead atoms. The van der Waals surface area contributed by atoms with Crippen molar-refractivity contribution in [1.29, 1.82) is 0 Å². The number of thiophene rings is 1. The number of nitrogens with zero attached hydrogens (tertiary/aromatic N) is 2. The minimum Gasteiger partial charge on any atom is -0.370 e. The van der Waals surface area contributed by atoms with Crippen LogP contribution in [0.2, 0.25) is 4.34 Å². The van der Waals surface area contributed by atoms with Crippen LogP contribution in [-0.4, -0.2) is 68.6 Å². The lowest BCUT2D eigenvalue weighted by atomic mass is 10.1. The van der Waals surface area contributed by atoms with Gasteiger partial charge in [-0.25, -0.2) is 8.78 Å². The van der Waals surface area contributed by atoms with E-state index in [1.54, 1.807) is 19.2 Å². The van der Waals surface area contributed by atoms with Crippen LogP contribution in [0.25, 0.3) is 0 Å². The van der Waals surface area contributed by atoms with Gasteiger partial charge in [-0.15, -0.1) is 11.3 Å². The van der Waals surface area contributed by atoms with Gasteiger partial charge in [-0.2, -0.15) is 0 Å². The summed E-state index contributed by atoms with van der Waals surface area (Å²) >= 11 is 7.05. The highest BCUT2D eigenvalue weighted by Gasteiger charge is 2.31. The zero-order valence-electron chi connectivity index (χ0n) is 19.6. The van der Waals surface area contributed by atoms with Gasteiger partial charge in [0, 0.05) is 30.9 Å². The standard InChI is InChI=1S/C24H27ClF2N4O4S/c1-30(12-14-2-3-14)18(11-28-24(34)19-6-7-20(25)36-19)23(33)29-15-4-5-17(16(10-15)22(26)27)31-8-9-35-13-21(31)32/h4-7,10,14,18,22H,2-3,8-9,11-13H2,1H3,(H,28,34)(H,29,33)/t18-/m1/s1. The summed E-state index contributed by atoms with van der Waals surface area (Å²) in [6, 6.07) is 6.60. The van der Waals surface area contributed by atoms with E-state index in [9.17, 15) is 23.2 Å². The average molecular weight is 541 g/mol. The summed E-state index contributed by atoms with van der Waals surface area (Å²) in [4.78, 5) is 41.5.